The van der Waals surface area contributed by atoms with Crippen LogP contribution in [0.3, 0.4) is 0 Å². The summed E-state index contributed by atoms with van der Waals surface area (Å²) >= 11 is 0. The van der Waals surface area contributed by atoms with Crippen molar-refractivity contribution in [3.8, 4) is 17.6 Å². The van der Waals surface area contributed by atoms with Crippen LogP contribution in [0.25, 0.3) is 0 Å². The number of ether oxygens (including phenoxy) is 1. The number of methoxy groups -OCH3 is 1. The number of aryl methyl sites for hydroxylation is 1. The standard InChI is InChI=1S/C21H23NO3/c1-15-13-19(25-4)12-11-17(15)8-5-16-6-9-18(10-7-16)20(24)22-21(2,3)14-23/h6-7,9-13,23H,14H2,1-4H3,(H,22,24). The normalized spacial score (nSPS) is 10.6. The molecule has 0 aromatic heterocycles. The van der Waals surface area contributed by atoms with Crippen LogP contribution in [-0.2, 0) is 0 Å². The van der Waals surface area contributed by atoms with Crippen molar-refractivity contribution in [2.75, 3.05) is 13.7 Å². The Labute approximate surface area is 148 Å². The highest BCUT2D eigenvalue weighted by Gasteiger charge is 2.19. The van der Waals surface area contributed by atoms with E-state index in [4.69, 9.17) is 4.74 Å². The first kappa shape index (κ1) is 18.6. The first-order valence-electron chi connectivity index (χ1n) is 8.05. The van der Waals surface area contributed by atoms with Gasteiger partial charge in [0.15, 0.2) is 0 Å². The molecule has 0 saturated carbocycles. The van der Waals surface area contributed by atoms with E-state index >= 15 is 0 Å². The lowest BCUT2D eigenvalue weighted by Gasteiger charge is -2.23. The van der Waals surface area contributed by atoms with E-state index in [1.807, 2.05) is 37.3 Å². The summed E-state index contributed by atoms with van der Waals surface area (Å²) in [7, 11) is 1.64. The molecule has 4 heteroatoms. The molecule has 0 heterocycles. The van der Waals surface area contributed by atoms with Crippen LogP contribution in [0.1, 0.15) is 40.9 Å². The van der Waals surface area contributed by atoms with Crippen molar-refractivity contribution in [2.45, 2.75) is 26.3 Å². The first-order valence-corrected chi connectivity index (χ1v) is 8.05. The number of rotatable bonds is 4. The molecular formula is C21H23NO3. The number of nitrogens with one attached hydrogen (secondary N) is 1. The zero-order valence-electron chi connectivity index (χ0n) is 15.0. The third kappa shape index (κ3) is 5.10. The van der Waals surface area contributed by atoms with Gasteiger partial charge in [0.05, 0.1) is 19.3 Å². The first-order chi connectivity index (χ1) is 11.8. The predicted molar refractivity (Wildman–Crippen MR) is 98.8 cm³/mol. The van der Waals surface area contributed by atoms with Crippen LogP contribution >= 0.6 is 0 Å². The highest BCUT2D eigenvalue weighted by molar-refractivity contribution is 5.94. The number of amides is 1. The third-order valence-corrected chi connectivity index (χ3v) is 3.77. The highest BCUT2D eigenvalue weighted by Crippen LogP contribution is 2.16. The minimum Gasteiger partial charge on any atom is -0.497 e. The Bertz CT molecular complexity index is 811. The molecule has 1 amide bonds. The molecule has 0 unspecified atom stereocenters. The van der Waals surface area contributed by atoms with Crippen molar-refractivity contribution < 1.29 is 14.6 Å². The molecule has 0 aliphatic heterocycles. The van der Waals surface area contributed by atoms with Gasteiger partial charge in [0.25, 0.3) is 5.91 Å². The van der Waals surface area contributed by atoms with Gasteiger partial charge in [-0.15, -0.1) is 0 Å². The predicted octanol–water partition coefficient (Wildman–Crippen LogP) is 2.90. The summed E-state index contributed by atoms with van der Waals surface area (Å²) in [5, 5.41) is 12.0. The molecule has 2 aromatic rings. The summed E-state index contributed by atoms with van der Waals surface area (Å²) in [5.74, 6) is 6.83. The summed E-state index contributed by atoms with van der Waals surface area (Å²) in [4.78, 5) is 12.1. The maximum Gasteiger partial charge on any atom is 0.251 e. The van der Waals surface area contributed by atoms with Crippen molar-refractivity contribution in [3.05, 3.63) is 64.7 Å². The molecule has 2 rings (SSSR count). The Hall–Kier alpha value is -2.77. The molecule has 0 spiro atoms. The van der Waals surface area contributed by atoms with E-state index < -0.39 is 5.54 Å². The lowest BCUT2D eigenvalue weighted by atomic mass is 10.1. The summed E-state index contributed by atoms with van der Waals surface area (Å²) in [6, 6.07) is 12.8. The van der Waals surface area contributed by atoms with Gasteiger partial charge >= 0.3 is 0 Å². The van der Waals surface area contributed by atoms with Crippen molar-refractivity contribution in [1.82, 2.24) is 5.32 Å². The molecule has 4 nitrogen and oxygen atoms in total. The highest BCUT2D eigenvalue weighted by atomic mass is 16.5. The molecular weight excluding hydrogens is 314 g/mol. The molecule has 0 saturated heterocycles. The smallest absolute Gasteiger partial charge is 0.251 e. The second-order valence-corrected chi connectivity index (χ2v) is 6.50. The molecule has 2 aromatic carbocycles. The monoisotopic (exact) mass is 337 g/mol. The van der Waals surface area contributed by atoms with E-state index in [1.54, 1.807) is 33.1 Å². The molecule has 2 N–H and O–H groups in total. The molecule has 0 fully saturated rings. The van der Waals surface area contributed by atoms with Crippen LogP contribution < -0.4 is 10.1 Å². The fourth-order valence-electron chi connectivity index (χ4n) is 2.17. The van der Waals surface area contributed by atoms with E-state index in [1.165, 1.54) is 0 Å². The molecule has 0 atom stereocenters. The number of aliphatic hydroxyl groups is 1. The van der Waals surface area contributed by atoms with Crippen molar-refractivity contribution in [1.29, 1.82) is 0 Å². The molecule has 0 aliphatic rings. The summed E-state index contributed by atoms with van der Waals surface area (Å²) < 4.78 is 5.19. The summed E-state index contributed by atoms with van der Waals surface area (Å²) in [5.41, 5.74) is 2.70. The fourth-order valence-corrected chi connectivity index (χ4v) is 2.17. The van der Waals surface area contributed by atoms with Gasteiger partial charge in [-0.25, -0.2) is 0 Å². The van der Waals surface area contributed by atoms with Crippen LogP contribution in [0.2, 0.25) is 0 Å². The lowest BCUT2D eigenvalue weighted by Crippen LogP contribution is -2.46. The van der Waals surface area contributed by atoms with Gasteiger partial charge in [0, 0.05) is 16.7 Å². The number of carbonyl (C=O) groups is 1. The third-order valence-electron chi connectivity index (χ3n) is 3.77. The average Bonchev–Trinajstić information content (AvgIpc) is 2.60. The van der Waals surface area contributed by atoms with E-state index in [2.05, 4.69) is 17.2 Å². The molecule has 0 aliphatic carbocycles. The Morgan fingerprint density at radius 2 is 1.84 bits per heavy atom. The quantitative estimate of drug-likeness (QED) is 0.844. The zero-order valence-corrected chi connectivity index (χ0v) is 15.0. The van der Waals surface area contributed by atoms with Crippen LogP contribution in [0, 0.1) is 18.8 Å². The zero-order chi connectivity index (χ0) is 18.4. The topological polar surface area (TPSA) is 58.6 Å². The van der Waals surface area contributed by atoms with Gasteiger partial charge in [-0.05, 0) is 68.8 Å². The minimum absolute atomic E-state index is 0.122. The van der Waals surface area contributed by atoms with Crippen molar-refractivity contribution >= 4 is 5.91 Å². The number of hydrogen-bond donors (Lipinski definition) is 2. The van der Waals surface area contributed by atoms with E-state index in [0.29, 0.717) is 5.56 Å². The Balaban J connectivity index is 2.13. The second-order valence-electron chi connectivity index (χ2n) is 6.50. The average molecular weight is 337 g/mol. The van der Waals surface area contributed by atoms with Gasteiger partial charge in [-0.2, -0.15) is 0 Å². The maximum absolute atomic E-state index is 12.1. The van der Waals surface area contributed by atoms with Crippen LogP contribution in [0.5, 0.6) is 5.75 Å². The van der Waals surface area contributed by atoms with E-state index in [-0.39, 0.29) is 12.5 Å². The minimum atomic E-state index is -0.651. The van der Waals surface area contributed by atoms with Crippen LogP contribution in [0.4, 0.5) is 0 Å². The molecule has 25 heavy (non-hydrogen) atoms. The SMILES string of the molecule is COc1ccc(C#Cc2ccc(C(=O)NC(C)(C)CO)cc2)c(C)c1. The van der Waals surface area contributed by atoms with Crippen LogP contribution in [-0.4, -0.2) is 30.3 Å². The largest absolute Gasteiger partial charge is 0.497 e. The number of hydrogen-bond acceptors (Lipinski definition) is 3. The maximum atomic E-state index is 12.1. The molecule has 0 radical (unpaired) electrons. The summed E-state index contributed by atoms with van der Waals surface area (Å²) in [6.45, 7) is 5.40. The Kier molecular flexibility index (Phi) is 5.84. The molecule has 0 bridgehead atoms. The number of aliphatic hydroxyl groups excluding tert-OH is 1. The van der Waals surface area contributed by atoms with E-state index in [0.717, 1.165) is 22.4 Å². The van der Waals surface area contributed by atoms with Crippen molar-refractivity contribution in [3.63, 3.8) is 0 Å². The van der Waals surface area contributed by atoms with Gasteiger partial charge in [0.1, 0.15) is 5.75 Å². The lowest BCUT2D eigenvalue weighted by molar-refractivity contribution is 0.0869. The van der Waals surface area contributed by atoms with Gasteiger partial charge in [0.2, 0.25) is 0 Å². The molecule has 130 valence electrons. The van der Waals surface area contributed by atoms with Gasteiger partial charge < -0.3 is 15.2 Å². The number of carbonyl (C=O) groups excluding carboxylic acids is 1. The summed E-state index contributed by atoms with van der Waals surface area (Å²) in [6.07, 6.45) is 0. The van der Waals surface area contributed by atoms with Gasteiger partial charge in [-0.1, -0.05) is 11.8 Å². The Morgan fingerprint density at radius 1 is 1.16 bits per heavy atom. The van der Waals surface area contributed by atoms with Crippen molar-refractivity contribution in [2.24, 2.45) is 0 Å². The van der Waals surface area contributed by atoms with E-state index in [9.17, 15) is 9.90 Å². The fraction of sp³-hybridized carbons (Fsp3) is 0.286. The number of benzene rings is 2. The van der Waals surface area contributed by atoms with Gasteiger partial charge in [-0.3, -0.25) is 4.79 Å². The Morgan fingerprint density at radius 3 is 2.40 bits per heavy atom. The van der Waals surface area contributed by atoms with Crippen LogP contribution in [0.15, 0.2) is 42.5 Å². The second kappa shape index (κ2) is 7.87.